The zero-order valence-corrected chi connectivity index (χ0v) is 14.8. The number of carbonyl (C=O) groups is 1. The van der Waals surface area contributed by atoms with Crippen LogP contribution in [0, 0.1) is 0 Å². The lowest BCUT2D eigenvalue weighted by molar-refractivity contribution is -0.127. The first kappa shape index (κ1) is 17.4. The van der Waals surface area contributed by atoms with Gasteiger partial charge in [0.2, 0.25) is 5.91 Å². The van der Waals surface area contributed by atoms with E-state index < -0.39 is 9.84 Å². The summed E-state index contributed by atoms with van der Waals surface area (Å²) in [6.45, 7) is 4.03. The van der Waals surface area contributed by atoms with Gasteiger partial charge in [-0.1, -0.05) is 48.5 Å². The lowest BCUT2D eigenvalue weighted by Crippen LogP contribution is -2.40. The molecular weight excluding hydrogens is 334 g/mol. The highest BCUT2D eigenvalue weighted by Gasteiger charge is 2.33. The van der Waals surface area contributed by atoms with E-state index in [9.17, 15) is 13.2 Å². The third-order valence-corrected chi connectivity index (χ3v) is 6.24. The Labute approximate surface area is 148 Å². The highest BCUT2D eigenvalue weighted by Crippen LogP contribution is 2.21. The quantitative estimate of drug-likeness (QED) is 0.612. The minimum atomic E-state index is -3.04. The van der Waals surface area contributed by atoms with Gasteiger partial charge in [-0.25, -0.2) is 8.42 Å². The van der Waals surface area contributed by atoms with Gasteiger partial charge in [-0.15, -0.1) is 6.58 Å². The zero-order chi connectivity index (χ0) is 17.9. The van der Waals surface area contributed by atoms with E-state index in [0.29, 0.717) is 13.0 Å². The van der Waals surface area contributed by atoms with Crippen molar-refractivity contribution in [3.8, 4) is 0 Å². The van der Waals surface area contributed by atoms with Gasteiger partial charge in [0.1, 0.15) is 0 Å². The van der Waals surface area contributed by atoms with Crippen LogP contribution in [0.25, 0.3) is 16.8 Å². The molecule has 1 unspecified atom stereocenters. The van der Waals surface area contributed by atoms with Crippen LogP contribution in [-0.4, -0.2) is 43.3 Å². The van der Waals surface area contributed by atoms with E-state index >= 15 is 0 Å². The van der Waals surface area contributed by atoms with Crippen LogP contribution in [0.15, 0.2) is 61.2 Å². The number of hydrogen-bond acceptors (Lipinski definition) is 3. The van der Waals surface area contributed by atoms with Crippen molar-refractivity contribution in [2.45, 2.75) is 12.5 Å². The van der Waals surface area contributed by atoms with Crippen LogP contribution in [0.3, 0.4) is 0 Å². The van der Waals surface area contributed by atoms with Crippen molar-refractivity contribution >= 4 is 32.6 Å². The van der Waals surface area contributed by atoms with Crippen LogP contribution < -0.4 is 0 Å². The van der Waals surface area contributed by atoms with E-state index in [1.165, 1.54) is 6.08 Å². The zero-order valence-electron chi connectivity index (χ0n) is 14.0. The number of hydrogen-bond donors (Lipinski definition) is 0. The van der Waals surface area contributed by atoms with Crippen molar-refractivity contribution in [1.82, 2.24) is 4.90 Å². The number of benzene rings is 2. The number of carbonyl (C=O) groups excluding carboxylic acids is 1. The Bertz CT molecular complexity index is 926. The molecule has 5 heteroatoms. The number of rotatable bonds is 5. The van der Waals surface area contributed by atoms with Crippen LogP contribution in [-0.2, 0) is 14.6 Å². The summed E-state index contributed by atoms with van der Waals surface area (Å²) < 4.78 is 23.4. The van der Waals surface area contributed by atoms with Crippen LogP contribution in [0.2, 0.25) is 0 Å². The van der Waals surface area contributed by atoms with Crippen LogP contribution >= 0.6 is 0 Å². The molecule has 1 heterocycles. The molecule has 1 atom stereocenters. The van der Waals surface area contributed by atoms with E-state index in [1.807, 2.05) is 42.5 Å². The minimum absolute atomic E-state index is 0.0364. The summed E-state index contributed by atoms with van der Waals surface area (Å²) in [7, 11) is -3.04. The van der Waals surface area contributed by atoms with E-state index in [0.717, 1.165) is 16.3 Å². The van der Waals surface area contributed by atoms with Crippen molar-refractivity contribution in [2.75, 3.05) is 18.1 Å². The van der Waals surface area contributed by atoms with Gasteiger partial charge in [-0.2, -0.15) is 0 Å². The predicted octanol–water partition coefficient (Wildman–Crippen LogP) is 3.05. The molecule has 0 bridgehead atoms. The first-order valence-corrected chi connectivity index (χ1v) is 10.1. The van der Waals surface area contributed by atoms with Gasteiger partial charge in [0.15, 0.2) is 9.84 Å². The van der Waals surface area contributed by atoms with Crippen LogP contribution in [0.1, 0.15) is 12.0 Å². The van der Waals surface area contributed by atoms with E-state index in [-0.39, 0.29) is 23.5 Å². The summed E-state index contributed by atoms with van der Waals surface area (Å²) in [4.78, 5) is 14.2. The Hall–Kier alpha value is -2.40. The Morgan fingerprint density at radius 1 is 1.20 bits per heavy atom. The molecule has 1 saturated heterocycles. The fourth-order valence-corrected chi connectivity index (χ4v) is 4.96. The highest BCUT2D eigenvalue weighted by atomic mass is 32.2. The van der Waals surface area contributed by atoms with Gasteiger partial charge in [0, 0.05) is 18.7 Å². The second-order valence-corrected chi connectivity index (χ2v) is 8.47. The van der Waals surface area contributed by atoms with Crippen LogP contribution in [0.4, 0.5) is 0 Å². The topological polar surface area (TPSA) is 54.5 Å². The molecule has 1 aliphatic rings. The van der Waals surface area contributed by atoms with Gasteiger partial charge in [0.25, 0.3) is 0 Å². The highest BCUT2D eigenvalue weighted by molar-refractivity contribution is 7.91. The molecule has 25 heavy (non-hydrogen) atoms. The maximum atomic E-state index is 12.6. The average Bonchev–Trinajstić information content (AvgIpc) is 2.97. The smallest absolute Gasteiger partial charge is 0.247 e. The average molecular weight is 355 g/mol. The summed E-state index contributed by atoms with van der Waals surface area (Å²) in [6.07, 6.45) is 5.44. The number of sulfone groups is 1. The molecule has 2 aromatic rings. The van der Waals surface area contributed by atoms with E-state index in [4.69, 9.17) is 0 Å². The molecule has 1 amide bonds. The third-order valence-electron chi connectivity index (χ3n) is 4.49. The third kappa shape index (κ3) is 3.99. The molecule has 0 spiro atoms. The summed E-state index contributed by atoms with van der Waals surface area (Å²) in [5, 5.41) is 2.19. The normalized spacial score (nSPS) is 19.3. The van der Waals surface area contributed by atoms with Crippen molar-refractivity contribution in [3.05, 3.63) is 66.8 Å². The monoisotopic (exact) mass is 355 g/mol. The number of fused-ring (bicyclic) bond motifs is 1. The van der Waals surface area contributed by atoms with Crippen LogP contribution in [0.5, 0.6) is 0 Å². The molecule has 0 radical (unpaired) electrons. The SMILES string of the molecule is C=CCN(C(=O)C=Cc1cccc2ccccc12)C1CCS(=O)(=O)C1. The molecule has 3 rings (SSSR count). The van der Waals surface area contributed by atoms with Gasteiger partial charge in [-0.05, 0) is 28.8 Å². The van der Waals surface area contributed by atoms with Crippen molar-refractivity contribution < 1.29 is 13.2 Å². The maximum Gasteiger partial charge on any atom is 0.247 e. The van der Waals surface area contributed by atoms with Gasteiger partial charge >= 0.3 is 0 Å². The Balaban J connectivity index is 1.83. The summed E-state index contributed by atoms with van der Waals surface area (Å²) in [5.41, 5.74) is 0.962. The largest absolute Gasteiger partial charge is 0.331 e. The lowest BCUT2D eigenvalue weighted by Gasteiger charge is -2.25. The van der Waals surface area contributed by atoms with Crippen molar-refractivity contribution in [2.24, 2.45) is 0 Å². The van der Waals surface area contributed by atoms with Gasteiger partial charge in [0.05, 0.1) is 11.5 Å². The Morgan fingerprint density at radius 3 is 2.68 bits per heavy atom. The lowest BCUT2D eigenvalue weighted by atomic mass is 10.0. The number of amides is 1. The van der Waals surface area contributed by atoms with E-state index in [1.54, 1.807) is 17.1 Å². The molecule has 0 saturated carbocycles. The molecule has 2 aromatic carbocycles. The molecule has 0 aliphatic carbocycles. The second kappa shape index (κ2) is 7.23. The molecule has 130 valence electrons. The summed E-state index contributed by atoms with van der Waals surface area (Å²) in [5.74, 6) is -0.00438. The molecule has 1 aliphatic heterocycles. The number of nitrogens with zero attached hydrogens (tertiary/aromatic N) is 1. The second-order valence-electron chi connectivity index (χ2n) is 6.24. The fraction of sp³-hybridized carbons (Fsp3) is 0.250. The molecule has 1 fully saturated rings. The molecular formula is C20H21NO3S. The maximum absolute atomic E-state index is 12.6. The van der Waals surface area contributed by atoms with Crippen molar-refractivity contribution in [3.63, 3.8) is 0 Å². The summed E-state index contributed by atoms with van der Waals surface area (Å²) >= 11 is 0. The molecule has 0 N–H and O–H groups in total. The first-order valence-electron chi connectivity index (χ1n) is 8.28. The van der Waals surface area contributed by atoms with Gasteiger partial charge < -0.3 is 4.90 Å². The van der Waals surface area contributed by atoms with E-state index in [2.05, 4.69) is 6.58 Å². The first-order chi connectivity index (χ1) is 12.0. The molecule has 4 nitrogen and oxygen atoms in total. The predicted molar refractivity (Wildman–Crippen MR) is 102 cm³/mol. The molecule has 0 aromatic heterocycles. The fourth-order valence-electron chi connectivity index (χ4n) is 3.23. The van der Waals surface area contributed by atoms with Crippen molar-refractivity contribution in [1.29, 1.82) is 0 Å². The Morgan fingerprint density at radius 2 is 1.96 bits per heavy atom. The standard InChI is InChI=1S/C20H21NO3S/c1-2-13-21(18-12-14-25(23,24)15-18)20(22)11-10-17-8-5-7-16-6-3-4-9-19(16)17/h2-11,18H,1,12-15H2. The Kier molecular flexibility index (Phi) is 5.04. The minimum Gasteiger partial charge on any atom is -0.331 e. The summed E-state index contributed by atoms with van der Waals surface area (Å²) in [6, 6.07) is 13.7. The van der Waals surface area contributed by atoms with Gasteiger partial charge in [-0.3, -0.25) is 4.79 Å².